The third-order valence-electron chi connectivity index (χ3n) is 3.76. The van der Waals surface area contributed by atoms with Crippen molar-refractivity contribution in [3.63, 3.8) is 0 Å². The maximum absolute atomic E-state index is 12.7. The number of fused-ring (bicyclic) bond motifs is 1. The Labute approximate surface area is 154 Å². The van der Waals surface area contributed by atoms with Crippen molar-refractivity contribution in [2.75, 3.05) is 33.8 Å². The van der Waals surface area contributed by atoms with Gasteiger partial charge in [0.2, 0.25) is 5.75 Å². The Morgan fingerprint density at radius 1 is 0.962 bits per heavy atom. The molecule has 0 fully saturated rings. The van der Waals surface area contributed by atoms with Crippen LogP contribution in [0.25, 0.3) is 10.2 Å². The van der Waals surface area contributed by atoms with E-state index >= 15 is 0 Å². The van der Waals surface area contributed by atoms with E-state index in [4.69, 9.17) is 18.9 Å². The number of methoxy groups -OCH3 is 4. The van der Waals surface area contributed by atoms with E-state index in [9.17, 15) is 4.79 Å². The molecule has 8 heteroatoms. The summed E-state index contributed by atoms with van der Waals surface area (Å²) in [6.07, 6.45) is 0. The second kappa shape index (κ2) is 7.49. The predicted octanol–water partition coefficient (Wildman–Crippen LogP) is 3.58. The summed E-state index contributed by atoms with van der Waals surface area (Å²) in [4.78, 5) is 17.1. The van der Waals surface area contributed by atoms with Gasteiger partial charge in [0.15, 0.2) is 16.6 Å². The lowest BCUT2D eigenvalue weighted by Crippen LogP contribution is -2.13. The molecule has 2 aromatic carbocycles. The first kappa shape index (κ1) is 17.8. The van der Waals surface area contributed by atoms with Crippen LogP contribution in [0.15, 0.2) is 30.3 Å². The van der Waals surface area contributed by atoms with Gasteiger partial charge in [-0.2, -0.15) is 0 Å². The van der Waals surface area contributed by atoms with E-state index in [1.54, 1.807) is 19.2 Å². The van der Waals surface area contributed by atoms with Crippen molar-refractivity contribution in [1.29, 1.82) is 0 Å². The summed E-state index contributed by atoms with van der Waals surface area (Å²) in [6.45, 7) is 0. The largest absolute Gasteiger partial charge is 0.497 e. The van der Waals surface area contributed by atoms with Crippen molar-refractivity contribution in [3.8, 4) is 23.0 Å². The van der Waals surface area contributed by atoms with Crippen LogP contribution in [-0.2, 0) is 0 Å². The molecular weight excluding hydrogens is 356 g/mol. The SMILES string of the molecule is COc1ccc2nc(NC(=O)c3ccc(OC)c(OC)c3OC)sc2c1. The number of nitrogens with one attached hydrogen (secondary N) is 1. The molecule has 136 valence electrons. The molecule has 1 amide bonds. The number of thiazole rings is 1. The summed E-state index contributed by atoms with van der Waals surface area (Å²) < 4.78 is 22.0. The minimum Gasteiger partial charge on any atom is -0.497 e. The maximum atomic E-state index is 12.7. The van der Waals surface area contributed by atoms with Crippen molar-refractivity contribution in [3.05, 3.63) is 35.9 Å². The molecule has 0 radical (unpaired) electrons. The topological polar surface area (TPSA) is 78.9 Å². The van der Waals surface area contributed by atoms with Crippen molar-refractivity contribution in [2.24, 2.45) is 0 Å². The number of ether oxygens (including phenoxy) is 4. The lowest BCUT2D eigenvalue weighted by atomic mass is 10.1. The number of rotatable bonds is 6. The van der Waals surface area contributed by atoms with Crippen LogP contribution in [0.1, 0.15) is 10.4 Å². The van der Waals surface area contributed by atoms with Gasteiger partial charge in [0.1, 0.15) is 5.75 Å². The smallest absolute Gasteiger partial charge is 0.261 e. The van der Waals surface area contributed by atoms with Gasteiger partial charge in [0.25, 0.3) is 5.91 Å². The molecule has 0 aliphatic carbocycles. The third kappa shape index (κ3) is 3.23. The zero-order chi connectivity index (χ0) is 18.7. The van der Waals surface area contributed by atoms with Gasteiger partial charge in [0.05, 0.1) is 44.2 Å². The first-order valence-electron chi connectivity index (χ1n) is 7.66. The van der Waals surface area contributed by atoms with Gasteiger partial charge in [-0.05, 0) is 30.3 Å². The molecule has 7 nitrogen and oxygen atoms in total. The molecule has 0 aliphatic heterocycles. The van der Waals surface area contributed by atoms with E-state index in [0.29, 0.717) is 27.9 Å². The number of benzene rings is 2. The van der Waals surface area contributed by atoms with Crippen molar-refractivity contribution in [2.45, 2.75) is 0 Å². The van der Waals surface area contributed by atoms with Crippen LogP contribution in [0.2, 0.25) is 0 Å². The van der Waals surface area contributed by atoms with Crippen molar-refractivity contribution >= 4 is 32.6 Å². The average molecular weight is 374 g/mol. The summed E-state index contributed by atoms with van der Waals surface area (Å²) in [5, 5.41) is 3.28. The highest BCUT2D eigenvalue weighted by Crippen LogP contribution is 2.40. The molecule has 0 spiro atoms. The monoisotopic (exact) mass is 374 g/mol. The van der Waals surface area contributed by atoms with Gasteiger partial charge in [0, 0.05) is 0 Å². The Balaban J connectivity index is 1.93. The zero-order valence-electron chi connectivity index (χ0n) is 14.8. The normalized spacial score (nSPS) is 10.5. The lowest BCUT2D eigenvalue weighted by Gasteiger charge is -2.15. The number of anilines is 1. The van der Waals surface area contributed by atoms with Gasteiger partial charge in [-0.3, -0.25) is 10.1 Å². The minimum atomic E-state index is -0.353. The molecule has 0 saturated carbocycles. The van der Waals surface area contributed by atoms with Crippen LogP contribution in [-0.4, -0.2) is 39.3 Å². The highest BCUT2D eigenvalue weighted by molar-refractivity contribution is 7.22. The quantitative estimate of drug-likeness (QED) is 0.710. The first-order valence-corrected chi connectivity index (χ1v) is 8.47. The Bertz CT molecular complexity index is 954. The zero-order valence-corrected chi connectivity index (χ0v) is 15.6. The van der Waals surface area contributed by atoms with Crippen LogP contribution in [0.4, 0.5) is 5.13 Å². The Hall–Kier alpha value is -3.00. The summed E-state index contributed by atoms with van der Waals surface area (Å²) >= 11 is 1.36. The van der Waals surface area contributed by atoms with E-state index in [2.05, 4.69) is 10.3 Å². The Morgan fingerprint density at radius 2 is 1.73 bits per heavy atom. The van der Waals surface area contributed by atoms with Gasteiger partial charge in [-0.25, -0.2) is 4.98 Å². The number of amides is 1. The molecule has 0 unspecified atom stereocenters. The number of carbonyl (C=O) groups excluding carboxylic acids is 1. The van der Waals surface area contributed by atoms with Crippen molar-refractivity contribution < 1.29 is 23.7 Å². The minimum absolute atomic E-state index is 0.298. The highest BCUT2D eigenvalue weighted by atomic mass is 32.1. The van der Waals surface area contributed by atoms with Crippen LogP contribution >= 0.6 is 11.3 Å². The summed E-state index contributed by atoms with van der Waals surface area (Å²) in [6, 6.07) is 8.81. The molecule has 0 aliphatic rings. The van der Waals surface area contributed by atoms with Crippen LogP contribution in [0.5, 0.6) is 23.0 Å². The van der Waals surface area contributed by atoms with Gasteiger partial charge in [-0.15, -0.1) is 0 Å². The predicted molar refractivity (Wildman–Crippen MR) is 100 cm³/mol. The van der Waals surface area contributed by atoms with Crippen LogP contribution in [0.3, 0.4) is 0 Å². The van der Waals surface area contributed by atoms with E-state index in [0.717, 1.165) is 16.0 Å². The molecule has 1 N–H and O–H groups in total. The summed E-state index contributed by atoms with van der Waals surface area (Å²) in [5.41, 5.74) is 1.10. The Morgan fingerprint density at radius 3 is 2.38 bits per heavy atom. The lowest BCUT2D eigenvalue weighted by molar-refractivity contribution is 0.102. The van der Waals surface area contributed by atoms with Crippen LogP contribution < -0.4 is 24.3 Å². The highest BCUT2D eigenvalue weighted by Gasteiger charge is 2.21. The van der Waals surface area contributed by atoms with E-state index in [1.807, 2.05) is 18.2 Å². The Kier molecular flexibility index (Phi) is 5.13. The molecule has 3 aromatic rings. The summed E-state index contributed by atoms with van der Waals surface area (Å²) in [7, 11) is 6.09. The number of aromatic nitrogens is 1. The van der Waals surface area contributed by atoms with E-state index in [1.165, 1.54) is 32.7 Å². The molecule has 3 rings (SSSR count). The van der Waals surface area contributed by atoms with Crippen LogP contribution in [0, 0.1) is 0 Å². The third-order valence-corrected chi connectivity index (χ3v) is 4.70. The van der Waals surface area contributed by atoms with E-state index < -0.39 is 0 Å². The van der Waals surface area contributed by atoms with E-state index in [-0.39, 0.29) is 5.91 Å². The van der Waals surface area contributed by atoms with Gasteiger partial charge in [-0.1, -0.05) is 11.3 Å². The number of nitrogens with zero attached hydrogens (tertiary/aromatic N) is 1. The standard InChI is InChI=1S/C18H18N2O5S/c1-22-10-5-7-12-14(9-10)26-18(19-12)20-17(21)11-6-8-13(23-2)16(25-4)15(11)24-3/h5-9H,1-4H3,(H,19,20,21). The van der Waals surface area contributed by atoms with Crippen molar-refractivity contribution in [1.82, 2.24) is 4.98 Å². The summed E-state index contributed by atoms with van der Waals surface area (Å²) in [5.74, 6) is 1.52. The fourth-order valence-electron chi connectivity index (χ4n) is 2.53. The molecule has 1 aromatic heterocycles. The van der Waals surface area contributed by atoms with Gasteiger partial charge >= 0.3 is 0 Å². The first-order chi connectivity index (χ1) is 12.6. The molecule has 1 heterocycles. The number of carbonyl (C=O) groups is 1. The molecule has 0 bridgehead atoms. The second-order valence-electron chi connectivity index (χ2n) is 5.19. The van der Waals surface area contributed by atoms with Gasteiger partial charge < -0.3 is 18.9 Å². The fourth-order valence-corrected chi connectivity index (χ4v) is 3.42. The molecular formula is C18H18N2O5S. The average Bonchev–Trinajstić information content (AvgIpc) is 3.07. The molecule has 0 saturated heterocycles. The number of hydrogen-bond acceptors (Lipinski definition) is 7. The molecule has 0 atom stereocenters. The second-order valence-corrected chi connectivity index (χ2v) is 6.22. The number of hydrogen-bond donors (Lipinski definition) is 1. The fraction of sp³-hybridized carbons (Fsp3) is 0.222. The molecule has 26 heavy (non-hydrogen) atoms. The maximum Gasteiger partial charge on any atom is 0.261 e.